The van der Waals surface area contributed by atoms with Crippen LogP contribution in [0.1, 0.15) is 66.7 Å². The molecular formula is C20H34O3. The Hall–Kier alpha value is -0.830. The van der Waals surface area contributed by atoms with Crippen molar-refractivity contribution in [3.63, 3.8) is 0 Å². The van der Waals surface area contributed by atoms with Crippen LogP contribution in [0.2, 0.25) is 0 Å². The highest BCUT2D eigenvalue weighted by Crippen LogP contribution is 2.53. The number of allylic oxidation sites excluding steroid dienone is 1. The maximum Gasteiger partial charge on any atom is 0.302 e. The molecule has 1 aliphatic carbocycles. The van der Waals surface area contributed by atoms with Crippen molar-refractivity contribution in [2.75, 3.05) is 13.2 Å². The molecule has 0 saturated carbocycles. The van der Waals surface area contributed by atoms with Crippen molar-refractivity contribution in [3.05, 3.63) is 11.6 Å². The predicted molar refractivity (Wildman–Crippen MR) is 93.1 cm³/mol. The van der Waals surface area contributed by atoms with Crippen LogP contribution in [0.15, 0.2) is 11.6 Å². The molecule has 3 nitrogen and oxygen atoms in total. The van der Waals surface area contributed by atoms with Gasteiger partial charge in [0.25, 0.3) is 0 Å². The van der Waals surface area contributed by atoms with E-state index in [4.69, 9.17) is 9.47 Å². The molecule has 1 heterocycles. The highest BCUT2D eigenvalue weighted by atomic mass is 16.5. The van der Waals surface area contributed by atoms with Crippen molar-refractivity contribution in [2.45, 2.75) is 72.8 Å². The molecule has 1 fully saturated rings. The van der Waals surface area contributed by atoms with Gasteiger partial charge in [0.1, 0.15) is 0 Å². The summed E-state index contributed by atoms with van der Waals surface area (Å²) in [6.07, 6.45) is 9.02. The first kappa shape index (κ1) is 18.5. The number of esters is 1. The highest BCUT2D eigenvalue weighted by molar-refractivity contribution is 5.65. The van der Waals surface area contributed by atoms with Gasteiger partial charge in [0.15, 0.2) is 0 Å². The lowest BCUT2D eigenvalue weighted by molar-refractivity contribution is -0.180. The van der Waals surface area contributed by atoms with Crippen LogP contribution in [-0.2, 0) is 14.3 Å². The summed E-state index contributed by atoms with van der Waals surface area (Å²) in [5.41, 5.74) is 1.40. The van der Waals surface area contributed by atoms with Crippen LogP contribution in [0.3, 0.4) is 0 Å². The molecule has 1 saturated heterocycles. The molecule has 0 amide bonds. The fraction of sp³-hybridized carbons (Fsp3) is 0.850. The van der Waals surface area contributed by atoms with Gasteiger partial charge in [-0.2, -0.15) is 0 Å². The molecular weight excluding hydrogens is 288 g/mol. The maximum absolute atomic E-state index is 11.3. The topological polar surface area (TPSA) is 35.5 Å². The molecule has 1 aliphatic heterocycles. The smallest absolute Gasteiger partial charge is 0.302 e. The lowest BCUT2D eigenvalue weighted by atomic mass is 9.56. The Morgan fingerprint density at radius 1 is 1.35 bits per heavy atom. The predicted octanol–water partition coefficient (Wildman–Crippen LogP) is 4.75. The zero-order valence-electron chi connectivity index (χ0n) is 15.6. The molecule has 0 unspecified atom stereocenters. The second-order valence-electron chi connectivity index (χ2n) is 7.73. The van der Waals surface area contributed by atoms with Gasteiger partial charge in [0.2, 0.25) is 0 Å². The van der Waals surface area contributed by atoms with Gasteiger partial charge in [-0.1, -0.05) is 58.1 Å². The first-order valence-electron chi connectivity index (χ1n) is 9.35. The summed E-state index contributed by atoms with van der Waals surface area (Å²) in [6.45, 7) is 11.8. The average molecular weight is 322 g/mol. The van der Waals surface area contributed by atoms with Gasteiger partial charge in [0, 0.05) is 18.3 Å². The molecule has 0 N–H and O–H groups in total. The van der Waals surface area contributed by atoms with Crippen LogP contribution in [-0.4, -0.2) is 25.3 Å². The quantitative estimate of drug-likeness (QED) is 0.385. The van der Waals surface area contributed by atoms with Crippen LogP contribution < -0.4 is 0 Å². The fourth-order valence-electron chi connectivity index (χ4n) is 4.66. The SMILES string of the molecule is CCCCCC[C@H]1OC[C@]2(COC(C)=O)[C@H](C)C=C(C)[C@H]1[C@@H]2C. The number of rotatable bonds is 7. The molecule has 3 heteroatoms. The summed E-state index contributed by atoms with van der Waals surface area (Å²) in [6, 6.07) is 0. The first-order valence-corrected chi connectivity index (χ1v) is 9.35. The summed E-state index contributed by atoms with van der Waals surface area (Å²) < 4.78 is 11.8. The standard InChI is InChI=1S/C20H34O3/c1-6-7-8-9-10-18-19-14(2)11-15(3)20(13-23-18,16(19)4)12-22-17(5)21/h11,15-16,18-19H,6-10,12-13H2,1-5H3/t15-,16+,18-,19+,20-/m1/s1. The third-order valence-electron chi connectivity index (χ3n) is 6.24. The van der Waals surface area contributed by atoms with Crippen LogP contribution in [0, 0.1) is 23.2 Å². The largest absolute Gasteiger partial charge is 0.465 e. The van der Waals surface area contributed by atoms with Crippen molar-refractivity contribution in [3.8, 4) is 0 Å². The van der Waals surface area contributed by atoms with Gasteiger partial charge in [-0.25, -0.2) is 0 Å². The highest BCUT2D eigenvalue weighted by Gasteiger charge is 2.53. The number of carbonyl (C=O) groups is 1. The second-order valence-corrected chi connectivity index (χ2v) is 7.73. The third kappa shape index (κ3) is 3.81. The summed E-state index contributed by atoms with van der Waals surface area (Å²) in [5.74, 6) is 1.15. The molecule has 0 radical (unpaired) electrons. The Bertz CT molecular complexity index is 442. The monoisotopic (exact) mass is 322 g/mol. The van der Waals surface area contributed by atoms with E-state index in [0.29, 0.717) is 37.1 Å². The number of ether oxygens (including phenoxy) is 2. The van der Waals surface area contributed by atoms with Crippen molar-refractivity contribution in [1.82, 2.24) is 0 Å². The van der Waals surface area contributed by atoms with E-state index in [1.165, 1.54) is 38.2 Å². The Labute approximate surface area is 141 Å². The van der Waals surface area contributed by atoms with E-state index >= 15 is 0 Å². The fourth-order valence-corrected chi connectivity index (χ4v) is 4.66. The Morgan fingerprint density at radius 2 is 2.09 bits per heavy atom. The van der Waals surface area contributed by atoms with Gasteiger partial charge >= 0.3 is 5.97 Å². The molecule has 2 aliphatic rings. The normalized spacial score (nSPS) is 36.5. The molecule has 0 aromatic heterocycles. The Balaban J connectivity index is 2.11. The molecule has 2 bridgehead atoms. The number of unbranched alkanes of at least 4 members (excludes halogenated alkanes) is 3. The third-order valence-corrected chi connectivity index (χ3v) is 6.24. The van der Waals surface area contributed by atoms with E-state index in [9.17, 15) is 4.79 Å². The van der Waals surface area contributed by atoms with Crippen LogP contribution in [0.4, 0.5) is 0 Å². The summed E-state index contributed by atoms with van der Waals surface area (Å²) in [5, 5.41) is 0. The van der Waals surface area contributed by atoms with E-state index in [1.807, 2.05) is 0 Å². The molecule has 0 spiro atoms. The number of fused-ring (bicyclic) bond motifs is 2. The van der Waals surface area contributed by atoms with Crippen LogP contribution in [0.5, 0.6) is 0 Å². The lowest BCUT2D eigenvalue weighted by Gasteiger charge is -2.55. The van der Waals surface area contributed by atoms with Crippen LogP contribution in [0.25, 0.3) is 0 Å². The van der Waals surface area contributed by atoms with E-state index in [0.717, 1.165) is 6.42 Å². The molecule has 23 heavy (non-hydrogen) atoms. The number of hydrogen-bond donors (Lipinski definition) is 0. The first-order chi connectivity index (χ1) is 10.9. The number of carbonyl (C=O) groups excluding carboxylic acids is 1. The Morgan fingerprint density at radius 3 is 2.74 bits per heavy atom. The minimum absolute atomic E-state index is 0.0598. The van der Waals surface area contributed by atoms with Gasteiger partial charge in [-0.3, -0.25) is 4.79 Å². The average Bonchev–Trinajstić information content (AvgIpc) is 2.49. The maximum atomic E-state index is 11.3. The molecule has 132 valence electrons. The lowest BCUT2D eigenvalue weighted by Crippen LogP contribution is -2.56. The van der Waals surface area contributed by atoms with Gasteiger partial charge in [-0.05, 0) is 25.2 Å². The molecule has 2 rings (SSSR count). The minimum atomic E-state index is -0.191. The van der Waals surface area contributed by atoms with Crippen molar-refractivity contribution < 1.29 is 14.3 Å². The van der Waals surface area contributed by atoms with E-state index in [2.05, 4.69) is 33.8 Å². The molecule has 0 aromatic carbocycles. The second kappa shape index (κ2) is 7.83. The van der Waals surface area contributed by atoms with Crippen molar-refractivity contribution in [2.24, 2.45) is 23.2 Å². The Kier molecular flexibility index (Phi) is 6.30. The minimum Gasteiger partial charge on any atom is -0.465 e. The summed E-state index contributed by atoms with van der Waals surface area (Å²) in [7, 11) is 0. The van der Waals surface area contributed by atoms with Crippen molar-refractivity contribution >= 4 is 5.97 Å². The number of hydrogen-bond acceptors (Lipinski definition) is 3. The van der Waals surface area contributed by atoms with Gasteiger partial charge in [0.05, 0.1) is 19.3 Å². The van der Waals surface area contributed by atoms with E-state index < -0.39 is 0 Å². The van der Waals surface area contributed by atoms with Gasteiger partial charge < -0.3 is 9.47 Å². The van der Waals surface area contributed by atoms with Crippen molar-refractivity contribution in [1.29, 1.82) is 0 Å². The van der Waals surface area contributed by atoms with E-state index in [1.54, 1.807) is 0 Å². The zero-order valence-corrected chi connectivity index (χ0v) is 15.6. The molecule has 0 aromatic rings. The summed E-state index contributed by atoms with van der Waals surface area (Å²) >= 11 is 0. The molecule has 5 atom stereocenters. The van der Waals surface area contributed by atoms with Gasteiger partial charge in [-0.15, -0.1) is 0 Å². The van der Waals surface area contributed by atoms with Crippen LogP contribution >= 0.6 is 0 Å². The zero-order chi connectivity index (χ0) is 17.0. The van der Waals surface area contributed by atoms with E-state index in [-0.39, 0.29) is 11.4 Å². The summed E-state index contributed by atoms with van der Waals surface area (Å²) in [4.78, 5) is 11.3.